The summed E-state index contributed by atoms with van der Waals surface area (Å²) in [5, 5.41) is 14.3. The molecule has 0 amide bonds. The van der Waals surface area contributed by atoms with Crippen LogP contribution in [0.4, 0.5) is 0 Å². The molecule has 2 N–H and O–H groups in total. The fraction of sp³-hybridized carbons (Fsp3) is 0.559. The summed E-state index contributed by atoms with van der Waals surface area (Å²) >= 11 is 0. The maximum absolute atomic E-state index is 11.7. The molecular formula is C34H49NO5. The lowest BCUT2D eigenvalue weighted by Gasteiger charge is -2.31. The van der Waals surface area contributed by atoms with Crippen molar-refractivity contribution in [3.63, 3.8) is 0 Å². The number of carbonyl (C=O) groups is 1. The lowest BCUT2D eigenvalue weighted by molar-refractivity contribution is -0.143. The Morgan fingerprint density at radius 3 is 2.48 bits per heavy atom. The topological polar surface area (TPSA) is 77.0 Å². The Morgan fingerprint density at radius 1 is 1.12 bits per heavy atom. The van der Waals surface area contributed by atoms with Gasteiger partial charge in [0, 0.05) is 18.5 Å². The van der Waals surface area contributed by atoms with Crippen molar-refractivity contribution in [1.29, 1.82) is 0 Å². The first-order chi connectivity index (χ1) is 19.1. The Bertz CT molecular complexity index is 1080. The van der Waals surface area contributed by atoms with Crippen LogP contribution in [-0.4, -0.2) is 48.6 Å². The van der Waals surface area contributed by atoms with E-state index in [0.29, 0.717) is 31.9 Å². The molecule has 220 valence electrons. The van der Waals surface area contributed by atoms with Crippen LogP contribution < -0.4 is 10.1 Å². The smallest absolute Gasteiger partial charge is 0.306 e. The molecule has 0 bridgehead atoms. The van der Waals surface area contributed by atoms with Crippen LogP contribution in [0.1, 0.15) is 89.2 Å². The molecule has 0 radical (unpaired) electrons. The summed E-state index contributed by atoms with van der Waals surface area (Å²) in [7, 11) is 0. The molecule has 0 saturated heterocycles. The van der Waals surface area contributed by atoms with Crippen molar-refractivity contribution in [2.45, 2.75) is 97.5 Å². The summed E-state index contributed by atoms with van der Waals surface area (Å²) in [6, 6.07) is 14.7. The van der Waals surface area contributed by atoms with Gasteiger partial charge in [-0.25, -0.2) is 0 Å². The van der Waals surface area contributed by atoms with E-state index in [-0.39, 0.29) is 30.3 Å². The maximum atomic E-state index is 11.7. The maximum Gasteiger partial charge on any atom is 0.306 e. The lowest BCUT2D eigenvalue weighted by Crippen LogP contribution is -2.45. The molecule has 6 nitrogen and oxygen atoms in total. The fourth-order valence-electron chi connectivity index (χ4n) is 5.43. The van der Waals surface area contributed by atoms with E-state index in [9.17, 15) is 9.90 Å². The van der Waals surface area contributed by atoms with Gasteiger partial charge in [-0.05, 0) is 108 Å². The number of hydrogen-bond donors (Lipinski definition) is 2. The van der Waals surface area contributed by atoms with Crippen LogP contribution >= 0.6 is 0 Å². The highest BCUT2D eigenvalue weighted by Crippen LogP contribution is 2.32. The Balaban J connectivity index is 1.52. The molecule has 2 aromatic carbocycles. The van der Waals surface area contributed by atoms with Gasteiger partial charge in [0.1, 0.15) is 5.75 Å². The largest absolute Gasteiger partial charge is 0.491 e. The summed E-state index contributed by atoms with van der Waals surface area (Å²) in [6.07, 6.45) is 7.44. The predicted octanol–water partition coefficient (Wildman–Crippen LogP) is 6.44. The first-order valence-corrected chi connectivity index (χ1v) is 14.8. The van der Waals surface area contributed by atoms with E-state index in [1.54, 1.807) is 0 Å². The van der Waals surface area contributed by atoms with Gasteiger partial charge in [-0.3, -0.25) is 4.79 Å². The van der Waals surface area contributed by atoms with Crippen LogP contribution in [0.3, 0.4) is 0 Å². The zero-order valence-corrected chi connectivity index (χ0v) is 25.2. The highest BCUT2D eigenvalue weighted by Gasteiger charge is 2.28. The average Bonchev–Trinajstić information content (AvgIpc) is 3.30. The number of nitrogens with one attached hydrogen (secondary N) is 1. The molecule has 40 heavy (non-hydrogen) atoms. The quantitative estimate of drug-likeness (QED) is 0.234. The number of rotatable bonds is 16. The molecular weight excluding hydrogens is 502 g/mol. The molecule has 0 heterocycles. The van der Waals surface area contributed by atoms with E-state index < -0.39 is 6.10 Å². The molecule has 0 aromatic heterocycles. The first kappa shape index (κ1) is 31.9. The van der Waals surface area contributed by atoms with E-state index in [4.69, 9.17) is 14.2 Å². The number of aliphatic hydroxyl groups is 1. The van der Waals surface area contributed by atoms with Crippen LogP contribution in [0.15, 0.2) is 48.5 Å². The molecule has 2 atom stereocenters. The van der Waals surface area contributed by atoms with Crippen LogP contribution in [0.2, 0.25) is 0 Å². The second kappa shape index (κ2) is 15.4. The number of benzene rings is 2. The normalized spacial score (nSPS) is 15.4. The standard InChI is InChI=1S/C34H49NO5/c1-7-38-33(37)15-11-10-12-27-16-17-31(40-24(2)3)20-32(27)25(4)39-23-30(36)22-35-34(5,6)21-26-18-28-13-8-9-14-29(28)19-26/h8-10,12-14,16-17,20,24-26,30,35-36H,7,11,15,18-19,21-23H2,1-6H3/t25-,30-/m1/s1. The summed E-state index contributed by atoms with van der Waals surface area (Å²) in [5.74, 6) is 1.21. The highest BCUT2D eigenvalue weighted by molar-refractivity contribution is 5.69. The predicted molar refractivity (Wildman–Crippen MR) is 162 cm³/mol. The van der Waals surface area contributed by atoms with Gasteiger partial charge < -0.3 is 24.6 Å². The lowest BCUT2D eigenvalue weighted by atomic mass is 9.88. The molecule has 0 saturated carbocycles. The van der Waals surface area contributed by atoms with Crippen LogP contribution in [-0.2, 0) is 27.1 Å². The second-order valence-corrected chi connectivity index (χ2v) is 11.8. The molecule has 1 aliphatic rings. The minimum Gasteiger partial charge on any atom is -0.491 e. The monoisotopic (exact) mass is 551 g/mol. The number of β-amino-alcohol motifs (C(OH)–C–C–N with tert-alkyl or cyclic N) is 1. The Kier molecular flexibility index (Phi) is 12.2. The number of ether oxygens (including phenoxy) is 3. The van der Waals surface area contributed by atoms with Gasteiger partial charge in [0.05, 0.1) is 31.5 Å². The molecule has 3 rings (SSSR count). The molecule has 0 unspecified atom stereocenters. The van der Waals surface area contributed by atoms with E-state index in [1.165, 1.54) is 11.1 Å². The van der Waals surface area contributed by atoms with E-state index in [2.05, 4.69) is 43.4 Å². The third-order valence-electron chi connectivity index (χ3n) is 7.28. The summed E-state index contributed by atoms with van der Waals surface area (Å²) in [4.78, 5) is 11.7. The molecule has 6 heteroatoms. The Morgan fingerprint density at radius 2 is 1.82 bits per heavy atom. The van der Waals surface area contributed by atoms with Crippen molar-refractivity contribution in [1.82, 2.24) is 5.32 Å². The van der Waals surface area contributed by atoms with Crippen molar-refractivity contribution in [3.8, 4) is 5.75 Å². The van der Waals surface area contributed by atoms with Crippen molar-refractivity contribution < 1.29 is 24.1 Å². The minimum absolute atomic E-state index is 0.0599. The number of esters is 1. The summed E-state index contributed by atoms with van der Waals surface area (Å²) in [6.45, 7) is 13.3. The van der Waals surface area contributed by atoms with E-state index in [1.807, 2.05) is 58.0 Å². The van der Waals surface area contributed by atoms with Gasteiger partial charge in [-0.2, -0.15) is 0 Å². The molecule has 2 aromatic rings. The Hall–Kier alpha value is -2.67. The van der Waals surface area contributed by atoms with Gasteiger partial charge in [0.25, 0.3) is 0 Å². The number of allylic oxidation sites excluding steroid dienone is 1. The highest BCUT2D eigenvalue weighted by atomic mass is 16.5. The summed E-state index contributed by atoms with van der Waals surface area (Å²) in [5.41, 5.74) is 4.85. The molecule has 0 aliphatic heterocycles. The van der Waals surface area contributed by atoms with Crippen molar-refractivity contribution in [2.75, 3.05) is 19.8 Å². The zero-order valence-electron chi connectivity index (χ0n) is 25.2. The Labute approximate surface area is 241 Å². The van der Waals surface area contributed by atoms with Crippen LogP contribution in [0.5, 0.6) is 5.75 Å². The molecule has 0 spiro atoms. The van der Waals surface area contributed by atoms with Gasteiger partial charge in [0.15, 0.2) is 0 Å². The van der Waals surface area contributed by atoms with Gasteiger partial charge in [-0.1, -0.05) is 42.5 Å². The zero-order chi connectivity index (χ0) is 29.1. The first-order valence-electron chi connectivity index (χ1n) is 14.8. The molecule has 0 fully saturated rings. The number of hydrogen-bond acceptors (Lipinski definition) is 6. The third-order valence-corrected chi connectivity index (χ3v) is 7.28. The average molecular weight is 552 g/mol. The van der Waals surface area contributed by atoms with Crippen LogP contribution in [0, 0.1) is 5.92 Å². The van der Waals surface area contributed by atoms with Gasteiger partial charge >= 0.3 is 5.97 Å². The van der Waals surface area contributed by atoms with E-state index >= 15 is 0 Å². The number of aliphatic hydroxyl groups excluding tert-OH is 1. The van der Waals surface area contributed by atoms with Crippen LogP contribution in [0.25, 0.3) is 6.08 Å². The van der Waals surface area contributed by atoms with Gasteiger partial charge in [-0.15, -0.1) is 0 Å². The van der Waals surface area contributed by atoms with Crippen molar-refractivity contribution in [3.05, 3.63) is 70.8 Å². The SMILES string of the molecule is CCOC(=O)CCC=Cc1ccc(OC(C)C)cc1[C@@H](C)OC[C@H](O)CNC(C)(C)CC1Cc2ccccc2C1. The fourth-order valence-corrected chi connectivity index (χ4v) is 5.43. The number of carbonyl (C=O) groups excluding carboxylic acids is 1. The third kappa shape index (κ3) is 10.4. The van der Waals surface area contributed by atoms with Gasteiger partial charge in [0.2, 0.25) is 0 Å². The van der Waals surface area contributed by atoms with Crippen molar-refractivity contribution >= 4 is 12.0 Å². The molecule has 1 aliphatic carbocycles. The van der Waals surface area contributed by atoms with Crippen molar-refractivity contribution in [2.24, 2.45) is 5.92 Å². The number of fused-ring (bicyclic) bond motifs is 1. The van der Waals surface area contributed by atoms with E-state index in [0.717, 1.165) is 36.1 Å². The minimum atomic E-state index is -0.624. The second-order valence-electron chi connectivity index (χ2n) is 11.8. The summed E-state index contributed by atoms with van der Waals surface area (Å²) < 4.78 is 17.1.